The van der Waals surface area contributed by atoms with Crippen molar-refractivity contribution in [3.05, 3.63) is 64.7 Å². The number of anilines is 1. The third-order valence-corrected chi connectivity index (χ3v) is 4.76. The van der Waals surface area contributed by atoms with Gasteiger partial charge in [0.15, 0.2) is 5.78 Å². The van der Waals surface area contributed by atoms with Crippen LogP contribution in [0, 0.1) is 0 Å². The Morgan fingerprint density at radius 1 is 1.09 bits per heavy atom. The predicted octanol–water partition coefficient (Wildman–Crippen LogP) is 3.96. The topological polar surface area (TPSA) is 37.4 Å². The molecule has 1 aliphatic rings. The molecule has 0 bridgehead atoms. The number of rotatable bonds is 4. The average Bonchev–Trinajstić information content (AvgIpc) is 2.98. The second-order valence-corrected chi connectivity index (χ2v) is 6.60. The molecule has 0 unspecified atom stereocenters. The Kier molecular flexibility index (Phi) is 4.53. The minimum absolute atomic E-state index is 0.0232. The maximum atomic E-state index is 12.8. The summed E-state index contributed by atoms with van der Waals surface area (Å²) in [5.41, 5.74) is 4.64. The number of hydrogen-bond donors (Lipinski definition) is 0. The van der Waals surface area contributed by atoms with Crippen molar-refractivity contribution < 1.29 is 9.59 Å². The lowest BCUT2D eigenvalue weighted by Gasteiger charge is -2.17. The minimum atomic E-state index is 0.0232. The van der Waals surface area contributed by atoms with Gasteiger partial charge in [-0.3, -0.25) is 9.59 Å². The smallest absolute Gasteiger partial charge is 0.258 e. The van der Waals surface area contributed by atoms with E-state index < -0.39 is 0 Å². The first-order valence-corrected chi connectivity index (χ1v) is 9.03. The molecule has 0 fully saturated rings. The van der Waals surface area contributed by atoms with Crippen LogP contribution in [0.3, 0.4) is 0 Å². The standard InChI is InChI=1S/C19H19NO2S/c1-13(21)16-7-8-18-17(11-16)9-10-20(18)19(22)15-5-3-14(4-6-15)12-23-2/h3-8,11H,9-10,12H2,1-2H3. The van der Waals surface area contributed by atoms with Crippen LogP contribution in [0.1, 0.15) is 38.8 Å². The third-order valence-electron chi connectivity index (χ3n) is 4.14. The van der Waals surface area contributed by atoms with Gasteiger partial charge in [0.05, 0.1) is 0 Å². The molecule has 3 rings (SSSR count). The van der Waals surface area contributed by atoms with E-state index >= 15 is 0 Å². The maximum absolute atomic E-state index is 12.8. The first kappa shape index (κ1) is 15.8. The number of hydrogen-bond acceptors (Lipinski definition) is 3. The summed E-state index contributed by atoms with van der Waals surface area (Å²) in [7, 11) is 0. The molecule has 0 saturated heterocycles. The number of carbonyl (C=O) groups excluding carboxylic acids is 2. The zero-order chi connectivity index (χ0) is 16.4. The fraction of sp³-hybridized carbons (Fsp3) is 0.263. The number of benzene rings is 2. The summed E-state index contributed by atoms with van der Waals surface area (Å²) < 4.78 is 0. The molecule has 1 heterocycles. The van der Waals surface area contributed by atoms with E-state index in [2.05, 4.69) is 6.26 Å². The quantitative estimate of drug-likeness (QED) is 0.799. The van der Waals surface area contributed by atoms with Crippen molar-refractivity contribution >= 4 is 29.1 Å². The van der Waals surface area contributed by atoms with Crippen molar-refractivity contribution in [2.75, 3.05) is 17.7 Å². The van der Waals surface area contributed by atoms with Crippen molar-refractivity contribution in [3.63, 3.8) is 0 Å². The molecular weight excluding hydrogens is 306 g/mol. The monoisotopic (exact) mass is 325 g/mol. The molecule has 0 aromatic heterocycles. The molecule has 0 spiro atoms. The first-order valence-electron chi connectivity index (χ1n) is 7.64. The Morgan fingerprint density at radius 3 is 2.43 bits per heavy atom. The molecule has 118 valence electrons. The van der Waals surface area contributed by atoms with E-state index in [1.807, 2.05) is 41.3 Å². The SMILES string of the molecule is CSCc1ccc(C(=O)N2CCc3cc(C(C)=O)ccc32)cc1. The number of fused-ring (bicyclic) bond motifs is 1. The van der Waals surface area contributed by atoms with Crippen LogP contribution in [-0.2, 0) is 12.2 Å². The van der Waals surface area contributed by atoms with Gasteiger partial charge in [0.2, 0.25) is 0 Å². The second-order valence-electron chi connectivity index (χ2n) is 5.74. The van der Waals surface area contributed by atoms with Crippen LogP contribution in [0.25, 0.3) is 0 Å². The van der Waals surface area contributed by atoms with Gasteiger partial charge in [-0.25, -0.2) is 0 Å². The summed E-state index contributed by atoms with van der Waals surface area (Å²) in [4.78, 5) is 26.0. The largest absolute Gasteiger partial charge is 0.308 e. The number of Topliss-reactive ketones (excluding diaryl/α,β-unsaturated/α-hetero) is 1. The molecule has 3 nitrogen and oxygen atoms in total. The number of ketones is 1. The van der Waals surface area contributed by atoms with Gasteiger partial charge in [-0.1, -0.05) is 12.1 Å². The summed E-state index contributed by atoms with van der Waals surface area (Å²) in [6, 6.07) is 13.4. The predicted molar refractivity (Wildman–Crippen MR) is 95.5 cm³/mol. The van der Waals surface area contributed by atoms with Crippen molar-refractivity contribution in [3.8, 4) is 0 Å². The van der Waals surface area contributed by atoms with E-state index in [9.17, 15) is 9.59 Å². The summed E-state index contributed by atoms with van der Waals surface area (Å²) >= 11 is 1.77. The van der Waals surface area contributed by atoms with Gasteiger partial charge >= 0.3 is 0 Å². The van der Waals surface area contributed by atoms with E-state index in [0.717, 1.165) is 23.4 Å². The van der Waals surface area contributed by atoms with E-state index in [4.69, 9.17) is 0 Å². The molecule has 0 N–H and O–H groups in total. The first-order chi connectivity index (χ1) is 11.1. The third kappa shape index (κ3) is 3.17. The Labute approximate surface area is 140 Å². The van der Waals surface area contributed by atoms with Crippen molar-refractivity contribution in [2.24, 2.45) is 0 Å². The molecular formula is C19H19NO2S. The lowest BCUT2D eigenvalue weighted by atomic mass is 10.1. The Balaban J connectivity index is 1.84. The van der Waals surface area contributed by atoms with E-state index in [1.54, 1.807) is 24.8 Å². The molecule has 2 aromatic carbocycles. The lowest BCUT2D eigenvalue weighted by molar-refractivity contribution is 0.0987. The average molecular weight is 325 g/mol. The van der Waals surface area contributed by atoms with Crippen molar-refractivity contribution in [1.82, 2.24) is 0 Å². The van der Waals surface area contributed by atoms with E-state index in [0.29, 0.717) is 17.7 Å². The number of nitrogens with zero attached hydrogens (tertiary/aromatic N) is 1. The van der Waals surface area contributed by atoms with Crippen molar-refractivity contribution in [1.29, 1.82) is 0 Å². The van der Waals surface area contributed by atoms with Crippen molar-refractivity contribution in [2.45, 2.75) is 19.1 Å². The maximum Gasteiger partial charge on any atom is 0.258 e. The highest BCUT2D eigenvalue weighted by Gasteiger charge is 2.26. The zero-order valence-corrected chi connectivity index (χ0v) is 14.2. The summed E-state index contributed by atoms with van der Waals surface area (Å²) in [6.45, 7) is 2.23. The number of carbonyl (C=O) groups is 2. The fourth-order valence-corrected chi connectivity index (χ4v) is 3.42. The minimum Gasteiger partial charge on any atom is -0.308 e. The molecule has 0 saturated carbocycles. The highest BCUT2D eigenvalue weighted by atomic mass is 32.2. The lowest BCUT2D eigenvalue weighted by Crippen LogP contribution is -2.28. The van der Waals surface area contributed by atoms with Crippen LogP contribution in [0.2, 0.25) is 0 Å². The van der Waals surface area contributed by atoms with Gasteiger partial charge in [0, 0.05) is 29.1 Å². The molecule has 2 aromatic rings. The normalized spacial score (nSPS) is 13.0. The molecule has 1 amide bonds. The molecule has 1 aliphatic heterocycles. The van der Waals surface area contributed by atoms with E-state index in [1.165, 1.54) is 5.56 Å². The van der Waals surface area contributed by atoms with Gasteiger partial charge in [-0.15, -0.1) is 0 Å². The number of amides is 1. The van der Waals surface area contributed by atoms with Gasteiger partial charge in [-0.2, -0.15) is 11.8 Å². The Hall–Kier alpha value is -2.07. The van der Waals surface area contributed by atoms with Crippen LogP contribution in [0.15, 0.2) is 42.5 Å². The molecule has 23 heavy (non-hydrogen) atoms. The van der Waals surface area contributed by atoms with Crippen LogP contribution in [-0.4, -0.2) is 24.5 Å². The van der Waals surface area contributed by atoms with E-state index in [-0.39, 0.29) is 11.7 Å². The summed E-state index contributed by atoms with van der Waals surface area (Å²) in [5.74, 6) is 1.03. The molecule has 0 aliphatic carbocycles. The zero-order valence-electron chi connectivity index (χ0n) is 13.3. The Bertz CT molecular complexity index is 752. The molecule has 0 atom stereocenters. The van der Waals surface area contributed by atoms with Gasteiger partial charge < -0.3 is 4.90 Å². The summed E-state index contributed by atoms with van der Waals surface area (Å²) in [5, 5.41) is 0. The highest BCUT2D eigenvalue weighted by molar-refractivity contribution is 7.97. The van der Waals surface area contributed by atoms with Gasteiger partial charge in [0.25, 0.3) is 5.91 Å². The number of thioether (sulfide) groups is 1. The summed E-state index contributed by atoms with van der Waals surface area (Å²) in [6.07, 6.45) is 2.86. The molecule has 0 radical (unpaired) electrons. The van der Waals surface area contributed by atoms with Crippen LogP contribution < -0.4 is 4.90 Å². The fourth-order valence-electron chi connectivity index (χ4n) is 2.90. The van der Waals surface area contributed by atoms with Gasteiger partial charge in [0.1, 0.15) is 0 Å². The second kappa shape index (κ2) is 6.59. The van der Waals surface area contributed by atoms with Gasteiger partial charge in [-0.05, 0) is 61.1 Å². The van der Waals surface area contributed by atoms with Crippen LogP contribution in [0.4, 0.5) is 5.69 Å². The van der Waals surface area contributed by atoms with Crippen LogP contribution >= 0.6 is 11.8 Å². The highest BCUT2D eigenvalue weighted by Crippen LogP contribution is 2.30. The Morgan fingerprint density at radius 2 is 1.78 bits per heavy atom. The van der Waals surface area contributed by atoms with Crippen LogP contribution in [0.5, 0.6) is 0 Å². The molecule has 4 heteroatoms.